The lowest BCUT2D eigenvalue weighted by Crippen LogP contribution is -2.38. The van der Waals surface area contributed by atoms with E-state index in [1.807, 2.05) is 6.92 Å². The summed E-state index contributed by atoms with van der Waals surface area (Å²) >= 11 is 18.0. The second-order valence-corrected chi connectivity index (χ2v) is 9.93. The Kier molecular flexibility index (Phi) is 7.56. The average Bonchev–Trinajstić information content (AvgIpc) is 2.75. The number of hydrogen-bond donors (Lipinski definition) is 1. The quantitative estimate of drug-likeness (QED) is 0.433. The Labute approximate surface area is 201 Å². The molecule has 0 radical (unpaired) electrons. The summed E-state index contributed by atoms with van der Waals surface area (Å²) in [5.41, 5.74) is 1.40. The van der Waals surface area contributed by atoms with Gasteiger partial charge in [0.1, 0.15) is 12.3 Å². The van der Waals surface area contributed by atoms with Crippen molar-refractivity contribution in [1.82, 2.24) is 0 Å². The first-order chi connectivity index (χ1) is 15.1. The van der Waals surface area contributed by atoms with E-state index in [2.05, 4.69) is 5.32 Å². The van der Waals surface area contributed by atoms with Crippen LogP contribution in [0.5, 0.6) is 5.75 Å². The summed E-state index contributed by atoms with van der Waals surface area (Å²) in [6.45, 7) is 1.31. The van der Waals surface area contributed by atoms with E-state index < -0.39 is 22.5 Å². The summed E-state index contributed by atoms with van der Waals surface area (Å²) in [4.78, 5) is 12.9. The maximum absolute atomic E-state index is 13.5. The van der Waals surface area contributed by atoms with Gasteiger partial charge in [0.05, 0.1) is 27.7 Å². The first kappa shape index (κ1) is 24.2. The first-order valence-corrected chi connectivity index (χ1v) is 11.9. The smallest absolute Gasteiger partial charge is 0.264 e. The van der Waals surface area contributed by atoms with Gasteiger partial charge in [-0.1, -0.05) is 52.5 Å². The Morgan fingerprint density at radius 2 is 1.66 bits per heavy atom. The number of rotatable bonds is 7. The number of sulfonamides is 1. The maximum atomic E-state index is 13.5. The summed E-state index contributed by atoms with van der Waals surface area (Å²) in [5.74, 6) is -0.353. The number of halogens is 3. The molecule has 0 aliphatic carbocycles. The minimum absolute atomic E-state index is 0.0208. The molecule has 0 saturated heterocycles. The molecule has 0 aromatic heterocycles. The molecule has 0 spiro atoms. The molecule has 3 aromatic carbocycles. The average molecular weight is 514 g/mol. The minimum Gasteiger partial charge on any atom is -0.495 e. The highest BCUT2D eigenvalue weighted by atomic mass is 35.5. The predicted molar refractivity (Wildman–Crippen MR) is 129 cm³/mol. The second-order valence-electron chi connectivity index (χ2n) is 6.82. The molecule has 0 atom stereocenters. The number of nitrogens with one attached hydrogen (secondary N) is 1. The molecule has 3 aromatic rings. The van der Waals surface area contributed by atoms with Gasteiger partial charge in [-0.3, -0.25) is 9.10 Å². The van der Waals surface area contributed by atoms with Gasteiger partial charge in [-0.05, 0) is 55.5 Å². The number of benzene rings is 3. The largest absolute Gasteiger partial charge is 0.495 e. The molecule has 10 heteroatoms. The van der Waals surface area contributed by atoms with Gasteiger partial charge in [-0.25, -0.2) is 8.42 Å². The number of nitrogens with zero attached hydrogens (tertiary/aromatic N) is 1. The van der Waals surface area contributed by atoms with E-state index in [0.717, 1.165) is 9.87 Å². The zero-order valence-corrected chi connectivity index (χ0v) is 20.2. The number of hydrogen-bond acceptors (Lipinski definition) is 4. The fraction of sp³-hybridized carbons (Fsp3) is 0.136. The van der Waals surface area contributed by atoms with E-state index >= 15 is 0 Å². The minimum atomic E-state index is -4.14. The van der Waals surface area contributed by atoms with E-state index in [1.165, 1.54) is 43.5 Å². The molecule has 0 saturated carbocycles. The van der Waals surface area contributed by atoms with E-state index in [1.54, 1.807) is 24.3 Å². The lowest BCUT2D eigenvalue weighted by Gasteiger charge is -2.26. The van der Waals surface area contributed by atoms with Crippen LogP contribution in [-0.2, 0) is 14.8 Å². The Hall–Kier alpha value is -2.45. The Balaban J connectivity index is 2.02. The van der Waals surface area contributed by atoms with Crippen molar-refractivity contribution in [3.8, 4) is 5.75 Å². The van der Waals surface area contributed by atoms with Gasteiger partial charge in [0.15, 0.2) is 0 Å². The highest BCUT2D eigenvalue weighted by Crippen LogP contribution is 2.35. The van der Waals surface area contributed by atoms with Crippen molar-refractivity contribution >= 4 is 62.1 Å². The van der Waals surface area contributed by atoms with Crippen LogP contribution in [-0.4, -0.2) is 28.0 Å². The topological polar surface area (TPSA) is 75.7 Å². The molecule has 3 rings (SSSR count). The highest BCUT2D eigenvalue weighted by molar-refractivity contribution is 7.92. The third-order valence-corrected chi connectivity index (χ3v) is 7.26. The van der Waals surface area contributed by atoms with Crippen LogP contribution in [0.2, 0.25) is 15.1 Å². The van der Waals surface area contributed by atoms with Crippen LogP contribution in [0.15, 0.2) is 65.6 Å². The van der Waals surface area contributed by atoms with E-state index in [0.29, 0.717) is 10.7 Å². The number of aryl methyl sites for hydroxylation is 1. The van der Waals surface area contributed by atoms with Gasteiger partial charge in [0.25, 0.3) is 10.0 Å². The van der Waals surface area contributed by atoms with Crippen LogP contribution in [0.3, 0.4) is 0 Å². The molecule has 0 heterocycles. The maximum Gasteiger partial charge on any atom is 0.264 e. The third-order valence-electron chi connectivity index (χ3n) is 4.51. The van der Waals surface area contributed by atoms with E-state index in [4.69, 9.17) is 39.5 Å². The molecular formula is C22H19Cl3N2O4S. The number of anilines is 2. The lowest BCUT2D eigenvalue weighted by atomic mass is 10.2. The zero-order valence-electron chi connectivity index (χ0n) is 17.1. The number of amides is 1. The number of methoxy groups -OCH3 is 1. The normalized spacial score (nSPS) is 11.2. The molecule has 1 N–H and O–H groups in total. The lowest BCUT2D eigenvalue weighted by molar-refractivity contribution is -0.114. The fourth-order valence-electron chi connectivity index (χ4n) is 2.90. The van der Waals surface area contributed by atoms with Gasteiger partial charge < -0.3 is 10.1 Å². The van der Waals surface area contributed by atoms with Gasteiger partial charge in [0.2, 0.25) is 5.91 Å². The molecule has 6 nitrogen and oxygen atoms in total. The SMILES string of the molecule is COc1ccc(Cl)cc1N(CC(=O)Nc1ccc(Cl)c(Cl)c1)S(=O)(=O)c1ccc(C)cc1. The van der Waals surface area contributed by atoms with Crippen molar-refractivity contribution < 1.29 is 17.9 Å². The Morgan fingerprint density at radius 3 is 2.28 bits per heavy atom. The van der Waals surface area contributed by atoms with Crippen molar-refractivity contribution in [3.63, 3.8) is 0 Å². The summed E-state index contributed by atoms with van der Waals surface area (Å²) in [7, 11) is -2.73. The van der Waals surface area contributed by atoms with Gasteiger partial charge in [-0.15, -0.1) is 0 Å². The van der Waals surface area contributed by atoms with Crippen LogP contribution >= 0.6 is 34.8 Å². The zero-order chi connectivity index (χ0) is 23.5. The van der Waals surface area contributed by atoms with Crippen molar-refractivity contribution in [2.24, 2.45) is 0 Å². The molecular weight excluding hydrogens is 495 g/mol. The highest BCUT2D eigenvalue weighted by Gasteiger charge is 2.29. The summed E-state index contributed by atoms with van der Waals surface area (Å²) in [5, 5.41) is 3.51. The van der Waals surface area contributed by atoms with E-state index in [9.17, 15) is 13.2 Å². The molecule has 0 aliphatic heterocycles. The summed E-state index contributed by atoms with van der Waals surface area (Å²) < 4.78 is 33.3. The summed E-state index contributed by atoms with van der Waals surface area (Å²) in [6, 6.07) is 15.4. The van der Waals surface area contributed by atoms with Crippen molar-refractivity contribution in [1.29, 1.82) is 0 Å². The van der Waals surface area contributed by atoms with Gasteiger partial charge in [0, 0.05) is 10.7 Å². The van der Waals surface area contributed by atoms with Crippen molar-refractivity contribution in [3.05, 3.63) is 81.3 Å². The van der Waals surface area contributed by atoms with Crippen molar-refractivity contribution in [2.45, 2.75) is 11.8 Å². The van der Waals surface area contributed by atoms with E-state index in [-0.39, 0.29) is 26.4 Å². The van der Waals surface area contributed by atoms with Gasteiger partial charge in [-0.2, -0.15) is 0 Å². The molecule has 32 heavy (non-hydrogen) atoms. The molecule has 168 valence electrons. The molecule has 0 bridgehead atoms. The predicted octanol–water partition coefficient (Wildman–Crippen LogP) is 5.80. The molecule has 0 unspecified atom stereocenters. The fourth-order valence-corrected chi connectivity index (χ4v) is 4.79. The second kappa shape index (κ2) is 10.0. The number of carbonyl (C=O) groups excluding carboxylic acids is 1. The first-order valence-electron chi connectivity index (χ1n) is 9.29. The van der Waals surface area contributed by atoms with Gasteiger partial charge >= 0.3 is 0 Å². The monoisotopic (exact) mass is 512 g/mol. The number of ether oxygens (including phenoxy) is 1. The molecule has 1 amide bonds. The van der Waals surface area contributed by atoms with Crippen LogP contribution in [0, 0.1) is 6.92 Å². The third kappa shape index (κ3) is 5.48. The van der Waals surface area contributed by atoms with Crippen LogP contribution < -0.4 is 14.4 Å². The standard InChI is InChI=1S/C22H19Cl3N2O4S/c1-14-3-7-17(8-4-14)32(29,30)27(20-11-15(23)5-10-21(20)31-2)13-22(28)26-16-6-9-18(24)19(25)12-16/h3-12H,13H2,1-2H3,(H,26,28). The van der Waals surface area contributed by atoms with Crippen LogP contribution in [0.25, 0.3) is 0 Å². The van der Waals surface area contributed by atoms with Crippen molar-refractivity contribution in [2.75, 3.05) is 23.3 Å². The Morgan fingerprint density at radius 1 is 0.969 bits per heavy atom. The van der Waals surface area contributed by atoms with Crippen LogP contribution in [0.1, 0.15) is 5.56 Å². The number of carbonyl (C=O) groups is 1. The molecule has 0 fully saturated rings. The molecule has 0 aliphatic rings. The Bertz CT molecular complexity index is 1250. The summed E-state index contributed by atoms with van der Waals surface area (Å²) in [6.07, 6.45) is 0. The van der Waals surface area contributed by atoms with Crippen LogP contribution in [0.4, 0.5) is 11.4 Å².